The number of ether oxygens (including phenoxy) is 1. The summed E-state index contributed by atoms with van der Waals surface area (Å²) in [7, 11) is 0. The first-order chi connectivity index (χ1) is 16.1. The van der Waals surface area contributed by atoms with Gasteiger partial charge in [0.1, 0.15) is 0 Å². The van der Waals surface area contributed by atoms with Gasteiger partial charge in [0.25, 0.3) is 0 Å². The number of unbranched alkanes of at least 4 members (excludes halogenated alkanes) is 1. The molecule has 2 fully saturated rings. The Bertz CT molecular complexity index is 801. The Morgan fingerprint density at radius 1 is 1.24 bits per heavy atom. The minimum Gasteiger partial charge on any atom is -0.479 e. The van der Waals surface area contributed by atoms with Crippen LogP contribution in [-0.4, -0.2) is 45.6 Å². The smallest absolute Gasteiger partial charge is 0.345 e. The van der Waals surface area contributed by atoms with Crippen LogP contribution in [0.25, 0.3) is 0 Å². The molecule has 0 heterocycles. The maximum absolute atomic E-state index is 12.0. The highest BCUT2D eigenvalue weighted by molar-refractivity contribution is 5.77. The number of carbonyl (C=O) groups is 2. The van der Waals surface area contributed by atoms with Crippen molar-refractivity contribution in [1.82, 2.24) is 0 Å². The van der Waals surface area contributed by atoms with E-state index in [1.807, 2.05) is 32.9 Å². The third kappa shape index (κ3) is 8.60. The van der Waals surface area contributed by atoms with Crippen LogP contribution in [0, 0.1) is 41.4 Å². The highest BCUT2D eigenvalue weighted by atomic mass is 16.6. The lowest BCUT2D eigenvalue weighted by molar-refractivity contribution is -0.165. The van der Waals surface area contributed by atoms with Gasteiger partial charge < -0.3 is 20.1 Å². The summed E-state index contributed by atoms with van der Waals surface area (Å²) in [6.07, 6.45) is 9.27. The summed E-state index contributed by atoms with van der Waals surface area (Å²) in [6.45, 7) is 7.57. The minimum atomic E-state index is -1.09. The Morgan fingerprint density at radius 3 is 2.62 bits per heavy atom. The number of aliphatic hydroxyl groups excluding tert-OH is 2. The van der Waals surface area contributed by atoms with Gasteiger partial charge in [-0.05, 0) is 69.1 Å². The standard InChI is InChI=1S/C28H42O6/c1-5-6-9-19(4)24(29)13-12-22-23-16-20(15-21(23)17-25(22)30)10-7-8-11-27(31)34-26(28(32)33)14-18(2)3/h10,12-13,18-19,21-26,29-30H,7-9,11,14-17H2,1-4H3,(H,32,33)/t19?,21-,22+,23-,24+,25+,26?/m0/s1. The van der Waals surface area contributed by atoms with Gasteiger partial charge in [0.2, 0.25) is 0 Å². The van der Waals surface area contributed by atoms with Crippen molar-refractivity contribution in [3.05, 3.63) is 23.8 Å². The molecule has 0 radical (unpaired) electrons. The molecule has 2 unspecified atom stereocenters. The number of carboxylic acids is 1. The van der Waals surface area contributed by atoms with E-state index in [9.17, 15) is 24.9 Å². The van der Waals surface area contributed by atoms with Crippen LogP contribution >= 0.6 is 0 Å². The number of carboxylic acid groups (broad SMARTS) is 1. The Kier molecular flexibility index (Phi) is 11.3. The van der Waals surface area contributed by atoms with Crippen LogP contribution < -0.4 is 0 Å². The predicted molar refractivity (Wildman–Crippen MR) is 132 cm³/mol. The lowest BCUT2D eigenvalue weighted by Gasteiger charge is -2.19. The molecule has 2 aliphatic carbocycles. The maximum atomic E-state index is 12.0. The second-order valence-electron chi connectivity index (χ2n) is 10.4. The first kappa shape index (κ1) is 28.1. The molecule has 2 aliphatic rings. The summed E-state index contributed by atoms with van der Waals surface area (Å²) < 4.78 is 5.14. The van der Waals surface area contributed by atoms with E-state index in [-0.39, 0.29) is 30.3 Å². The molecule has 0 bridgehead atoms. The molecule has 7 atom stereocenters. The van der Waals surface area contributed by atoms with Crippen molar-refractivity contribution in [3.8, 4) is 11.8 Å². The molecule has 2 saturated carbocycles. The van der Waals surface area contributed by atoms with E-state index < -0.39 is 24.1 Å². The average Bonchev–Trinajstić information content (AvgIpc) is 3.28. The second-order valence-corrected chi connectivity index (χ2v) is 10.4. The van der Waals surface area contributed by atoms with Gasteiger partial charge in [-0.15, -0.1) is 11.8 Å². The lowest BCUT2D eigenvalue weighted by Crippen LogP contribution is -2.28. The number of allylic oxidation sites excluding steroid dienone is 2. The summed E-state index contributed by atoms with van der Waals surface area (Å²) in [5, 5.41) is 30.1. The maximum Gasteiger partial charge on any atom is 0.345 e. The Morgan fingerprint density at radius 2 is 1.97 bits per heavy atom. The molecule has 2 rings (SSSR count). The second kappa shape index (κ2) is 13.7. The fourth-order valence-electron chi connectivity index (χ4n) is 5.15. The minimum absolute atomic E-state index is 0.0545. The molecule has 0 aromatic heterocycles. The number of hydrogen-bond donors (Lipinski definition) is 3. The quantitative estimate of drug-likeness (QED) is 0.167. The van der Waals surface area contributed by atoms with Crippen molar-refractivity contribution in [1.29, 1.82) is 0 Å². The van der Waals surface area contributed by atoms with Crippen molar-refractivity contribution in [3.63, 3.8) is 0 Å². The van der Waals surface area contributed by atoms with Gasteiger partial charge in [-0.2, -0.15) is 0 Å². The third-order valence-corrected chi connectivity index (χ3v) is 7.08. The molecule has 3 N–H and O–H groups in total. The SMILES string of the molecule is CC#CCC(C)[C@H](O)C=C[C@@H]1[C@H]2CC(=CCCCC(=O)OC(CC(C)C)C(=O)O)C[C@H]2C[C@H]1O. The Hall–Kier alpha value is -2.10. The van der Waals surface area contributed by atoms with Gasteiger partial charge in [-0.25, -0.2) is 4.79 Å². The molecule has 0 aromatic carbocycles. The van der Waals surface area contributed by atoms with E-state index in [0.29, 0.717) is 31.1 Å². The lowest BCUT2D eigenvalue weighted by atomic mass is 9.89. The molecule has 34 heavy (non-hydrogen) atoms. The fourth-order valence-corrected chi connectivity index (χ4v) is 5.15. The monoisotopic (exact) mass is 474 g/mol. The predicted octanol–water partition coefficient (Wildman–Crippen LogP) is 4.50. The number of carbonyl (C=O) groups excluding carboxylic acids is 1. The van der Waals surface area contributed by atoms with Crippen molar-refractivity contribution in [2.24, 2.45) is 29.6 Å². The van der Waals surface area contributed by atoms with E-state index in [1.165, 1.54) is 5.57 Å². The number of aliphatic carboxylic acids is 1. The van der Waals surface area contributed by atoms with Gasteiger partial charge in [0.05, 0.1) is 12.2 Å². The molecule has 6 heteroatoms. The highest BCUT2D eigenvalue weighted by Gasteiger charge is 2.45. The molecule has 0 spiro atoms. The van der Waals surface area contributed by atoms with Crippen LogP contribution in [-0.2, 0) is 14.3 Å². The van der Waals surface area contributed by atoms with Gasteiger partial charge in [0, 0.05) is 18.8 Å². The summed E-state index contributed by atoms with van der Waals surface area (Å²) in [4.78, 5) is 23.3. The molecule has 0 aliphatic heterocycles. The summed E-state index contributed by atoms with van der Waals surface area (Å²) in [5.41, 5.74) is 1.36. The van der Waals surface area contributed by atoms with Crippen LogP contribution in [0.5, 0.6) is 0 Å². The number of rotatable bonds is 12. The zero-order valence-corrected chi connectivity index (χ0v) is 21.1. The van der Waals surface area contributed by atoms with Gasteiger partial charge in [-0.3, -0.25) is 4.79 Å². The van der Waals surface area contributed by atoms with Gasteiger partial charge >= 0.3 is 11.9 Å². The molecule has 190 valence electrons. The van der Waals surface area contributed by atoms with E-state index in [1.54, 1.807) is 6.92 Å². The van der Waals surface area contributed by atoms with Crippen molar-refractivity contribution < 1.29 is 29.6 Å². The topological polar surface area (TPSA) is 104 Å². The number of esters is 1. The molecule has 0 aromatic rings. The van der Waals surface area contributed by atoms with Crippen LogP contribution in [0.1, 0.15) is 79.1 Å². The van der Waals surface area contributed by atoms with Crippen LogP contribution in [0.2, 0.25) is 0 Å². The zero-order valence-electron chi connectivity index (χ0n) is 21.1. The Balaban J connectivity index is 1.81. The zero-order chi connectivity index (χ0) is 25.3. The first-order valence-electron chi connectivity index (χ1n) is 12.7. The Labute approximate surface area is 204 Å². The van der Waals surface area contributed by atoms with Crippen LogP contribution in [0.3, 0.4) is 0 Å². The van der Waals surface area contributed by atoms with Gasteiger partial charge in [0.15, 0.2) is 6.10 Å². The summed E-state index contributed by atoms with van der Waals surface area (Å²) in [6, 6.07) is 0. The van der Waals surface area contributed by atoms with Crippen molar-refractivity contribution >= 4 is 11.9 Å². The highest BCUT2D eigenvalue weighted by Crippen LogP contribution is 2.50. The van der Waals surface area contributed by atoms with E-state index in [4.69, 9.17) is 4.74 Å². The van der Waals surface area contributed by atoms with Crippen molar-refractivity contribution in [2.75, 3.05) is 0 Å². The summed E-state index contributed by atoms with van der Waals surface area (Å²) >= 11 is 0. The van der Waals surface area contributed by atoms with Crippen molar-refractivity contribution in [2.45, 2.75) is 97.4 Å². The fraction of sp³-hybridized carbons (Fsp3) is 0.714. The third-order valence-electron chi connectivity index (χ3n) is 7.08. The van der Waals surface area contributed by atoms with Crippen LogP contribution in [0.4, 0.5) is 0 Å². The number of hydrogen-bond acceptors (Lipinski definition) is 5. The molecule has 6 nitrogen and oxygen atoms in total. The summed E-state index contributed by atoms with van der Waals surface area (Å²) in [5.74, 6) is 5.40. The van der Waals surface area contributed by atoms with E-state index in [2.05, 4.69) is 17.9 Å². The normalized spacial score (nSPS) is 27.9. The largest absolute Gasteiger partial charge is 0.479 e. The molecular formula is C28H42O6. The number of fused-ring (bicyclic) bond motifs is 1. The van der Waals surface area contributed by atoms with Crippen LogP contribution in [0.15, 0.2) is 23.8 Å². The molecule has 0 saturated heterocycles. The average molecular weight is 475 g/mol. The number of aliphatic hydroxyl groups is 2. The molecular weight excluding hydrogens is 432 g/mol. The van der Waals surface area contributed by atoms with E-state index in [0.717, 1.165) is 25.7 Å². The van der Waals surface area contributed by atoms with E-state index >= 15 is 0 Å². The van der Waals surface area contributed by atoms with Gasteiger partial charge in [-0.1, -0.05) is 44.6 Å². The first-order valence-corrected chi connectivity index (χ1v) is 12.7. The molecule has 0 amide bonds.